The molecule has 0 aliphatic carbocycles. The zero-order valence-corrected chi connectivity index (χ0v) is 12.9. The van der Waals surface area contributed by atoms with Crippen molar-refractivity contribution in [3.63, 3.8) is 0 Å². The van der Waals surface area contributed by atoms with Gasteiger partial charge in [0.05, 0.1) is 0 Å². The Morgan fingerprint density at radius 2 is 0.875 bits per heavy atom. The SMILES string of the molecule is C1CSCN(CCN2CSCCSC2)CS1. The van der Waals surface area contributed by atoms with Crippen LogP contribution >= 0.6 is 47.0 Å². The fraction of sp³-hybridized carbons (Fsp3) is 1.00. The van der Waals surface area contributed by atoms with Crippen molar-refractivity contribution in [3.05, 3.63) is 0 Å². The fourth-order valence-corrected chi connectivity index (χ4v) is 6.17. The van der Waals surface area contributed by atoms with E-state index in [1.165, 1.54) is 59.6 Å². The Bertz CT molecular complexity index is 158. The molecule has 6 heteroatoms. The van der Waals surface area contributed by atoms with Crippen molar-refractivity contribution in [1.29, 1.82) is 0 Å². The van der Waals surface area contributed by atoms with Crippen LogP contribution < -0.4 is 0 Å². The molecule has 2 aliphatic rings. The second kappa shape index (κ2) is 8.43. The maximum absolute atomic E-state index is 2.60. The number of rotatable bonds is 3. The van der Waals surface area contributed by atoms with Crippen LogP contribution in [0.2, 0.25) is 0 Å². The van der Waals surface area contributed by atoms with E-state index in [9.17, 15) is 0 Å². The van der Waals surface area contributed by atoms with Crippen LogP contribution in [-0.2, 0) is 0 Å². The summed E-state index contributed by atoms with van der Waals surface area (Å²) in [4.78, 5) is 5.20. The van der Waals surface area contributed by atoms with Crippen molar-refractivity contribution < 1.29 is 0 Å². The molecule has 0 bridgehead atoms. The first kappa shape index (κ1) is 13.7. The fourth-order valence-electron chi connectivity index (χ4n) is 1.63. The molecule has 0 aromatic carbocycles. The molecule has 16 heavy (non-hydrogen) atoms. The highest BCUT2D eigenvalue weighted by Crippen LogP contribution is 2.19. The first-order valence-electron chi connectivity index (χ1n) is 5.71. The summed E-state index contributed by atoms with van der Waals surface area (Å²) in [5, 5.41) is 0. The van der Waals surface area contributed by atoms with E-state index in [4.69, 9.17) is 0 Å². The predicted molar refractivity (Wildman–Crippen MR) is 82.7 cm³/mol. The number of thioether (sulfide) groups is 4. The van der Waals surface area contributed by atoms with E-state index in [1.807, 2.05) is 0 Å². The molecule has 0 saturated carbocycles. The highest BCUT2D eigenvalue weighted by molar-refractivity contribution is 8.03. The quantitative estimate of drug-likeness (QED) is 0.783. The summed E-state index contributed by atoms with van der Waals surface area (Å²) in [6, 6.07) is 0. The van der Waals surface area contributed by atoms with Crippen LogP contribution in [0.5, 0.6) is 0 Å². The van der Waals surface area contributed by atoms with Gasteiger partial charge in [-0.2, -0.15) is 0 Å². The van der Waals surface area contributed by atoms with E-state index in [0.29, 0.717) is 0 Å². The second-order valence-corrected chi connectivity index (χ2v) is 8.24. The predicted octanol–water partition coefficient (Wildman–Crippen LogP) is 2.38. The maximum atomic E-state index is 2.60. The van der Waals surface area contributed by atoms with E-state index in [1.54, 1.807) is 0 Å². The molecule has 0 aromatic rings. The molecule has 0 amide bonds. The molecule has 0 N–H and O–H groups in total. The molecule has 0 atom stereocenters. The third kappa shape index (κ3) is 5.31. The molecule has 0 radical (unpaired) electrons. The highest BCUT2D eigenvalue weighted by atomic mass is 32.2. The van der Waals surface area contributed by atoms with Gasteiger partial charge in [0.15, 0.2) is 0 Å². The van der Waals surface area contributed by atoms with Gasteiger partial charge >= 0.3 is 0 Å². The zero-order chi connectivity index (χ0) is 11.1. The van der Waals surface area contributed by atoms with Gasteiger partial charge < -0.3 is 0 Å². The molecule has 2 rings (SSSR count). The number of nitrogens with zero attached hydrogens (tertiary/aromatic N) is 2. The molecule has 2 nitrogen and oxygen atoms in total. The van der Waals surface area contributed by atoms with Gasteiger partial charge in [-0.15, -0.1) is 47.0 Å². The molecular formula is C10H20N2S4. The second-order valence-electron chi connectivity index (χ2n) is 3.94. The monoisotopic (exact) mass is 296 g/mol. The minimum absolute atomic E-state index is 1.24. The Balaban J connectivity index is 1.64. The molecule has 2 aliphatic heterocycles. The van der Waals surface area contributed by atoms with Crippen LogP contribution in [0, 0.1) is 0 Å². The van der Waals surface area contributed by atoms with Crippen LogP contribution in [0.4, 0.5) is 0 Å². The maximum Gasteiger partial charge on any atom is 0.0453 e. The van der Waals surface area contributed by atoms with E-state index in [0.717, 1.165) is 0 Å². The van der Waals surface area contributed by atoms with Gasteiger partial charge in [-0.1, -0.05) is 0 Å². The van der Waals surface area contributed by atoms with Crippen molar-refractivity contribution in [2.75, 3.05) is 59.6 Å². The van der Waals surface area contributed by atoms with Crippen LogP contribution in [0.15, 0.2) is 0 Å². The Morgan fingerprint density at radius 1 is 0.562 bits per heavy atom. The average molecular weight is 297 g/mol. The smallest absolute Gasteiger partial charge is 0.0453 e. The molecule has 2 saturated heterocycles. The average Bonchev–Trinajstić information content (AvgIpc) is 2.71. The van der Waals surface area contributed by atoms with Gasteiger partial charge in [0.1, 0.15) is 0 Å². The number of hydrogen-bond acceptors (Lipinski definition) is 6. The van der Waals surface area contributed by atoms with Gasteiger partial charge in [0.25, 0.3) is 0 Å². The first-order valence-corrected chi connectivity index (χ1v) is 10.3. The van der Waals surface area contributed by atoms with Gasteiger partial charge in [-0.3, -0.25) is 9.80 Å². The van der Waals surface area contributed by atoms with Crippen LogP contribution in [0.3, 0.4) is 0 Å². The Hall–Kier alpha value is 1.32. The van der Waals surface area contributed by atoms with Gasteiger partial charge in [0, 0.05) is 59.6 Å². The summed E-state index contributed by atoms with van der Waals surface area (Å²) in [5.74, 6) is 10.3. The van der Waals surface area contributed by atoms with E-state index < -0.39 is 0 Å². The first-order chi connectivity index (χ1) is 7.95. The summed E-state index contributed by atoms with van der Waals surface area (Å²) < 4.78 is 0. The summed E-state index contributed by atoms with van der Waals surface area (Å²) in [7, 11) is 0. The Morgan fingerprint density at radius 3 is 1.19 bits per heavy atom. The van der Waals surface area contributed by atoms with E-state index >= 15 is 0 Å². The van der Waals surface area contributed by atoms with Crippen molar-refractivity contribution in [2.45, 2.75) is 0 Å². The lowest BCUT2D eigenvalue weighted by Gasteiger charge is -2.24. The summed E-state index contributed by atoms with van der Waals surface area (Å²) in [6.45, 7) is 2.50. The zero-order valence-electron chi connectivity index (χ0n) is 9.60. The lowest BCUT2D eigenvalue weighted by molar-refractivity contribution is 0.293. The largest absolute Gasteiger partial charge is 0.284 e. The van der Waals surface area contributed by atoms with Crippen molar-refractivity contribution in [1.82, 2.24) is 9.80 Å². The standard InChI is InChI=1S/C10H20N2S4/c1(11-7-13-3-4-14-8-11)2-12-9-15-5-6-16-10-12/h1-10H2. The Labute approximate surface area is 116 Å². The molecule has 2 fully saturated rings. The van der Waals surface area contributed by atoms with Crippen molar-refractivity contribution >= 4 is 47.0 Å². The van der Waals surface area contributed by atoms with E-state index in [2.05, 4.69) is 56.8 Å². The highest BCUT2D eigenvalue weighted by Gasteiger charge is 2.13. The topological polar surface area (TPSA) is 6.48 Å². The summed E-state index contributed by atoms with van der Waals surface area (Å²) >= 11 is 8.36. The third-order valence-corrected chi connectivity index (χ3v) is 7.25. The lowest BCUT2D eigenvalue weighted by atomic mass is 10.5. The molecule has 2 heterocycles. The minimum Gasteiger partial charge on any atom is -0.284 e. The molecule has 0 aromatic heterocycles. The summed E-state index contributed by atoms with van der Waals surface area (Å²) in [5.41, 5.74) is 0. The Kier molecular flexibility index (Phi) is 7.24. The molecule has 94 valence electrons. The van der Waals surface area contributed by atoms with Crippen molar-refractivity contribution in [2.24, 2.45) is 0 Å². The molecule has 0 spiro atoms. The lowest BCUT2D eigenvalue weighted by Crippen LogP contribution is -2.34. The number of hydrogen-bond donors (Lipinski definition) is 0. The molecular weight excluding hydrogens is 276 g/mol. The minimum atomic E-state index is 1.24. The normalized spacial score (nSPS) is 26.2. The van der Waals surface area contributed by atoms with Crippen molar-refractivity contribution in [3.8, 4) is 0 Å². The van der Waals surface area contributed by atoms with E-state index in [-0.39, 0.29) is 0 Å². The van der Waals surface area contributed by atoms with Crippen LogP contribution in [0.1, 0.15) is 0 Å². The van der Waals surface area contributed by atoms with Crippen LogP contribution in [0.25, 0.3) is 0 Å². The van der Waals surface area contributed by atoms with Gasteiger partial charge in [-0.05, 0) is 0 Å². The summed E-state index contributed by atoms with van der Waals surface area (Å²) in [6.07, 6.45) is 0. The molecule has 0 unspecified atom stereocenters. The van der Waals surface area contributed by atoms with Crippen LogP contribution in [-0.4, -0.2) is 69.4 Å². The third-order valence-electron chi connectivity index (χ3n) is 2.57. The van der Waals surface area contributed by atoms with Gasteiger partial charge in [-0.25, -0.2) is 0 Å². The van der Waals surface area contributed by atoms with Gasteiger partial charge in [0.2, 0.25) is 0 Å².